The monoisotopic (exact) mass is 172 g/mol. The van der Waals surface area contributed by atoms with Gasteiger partial charge in [-0.05, 0) is 11.8 Å². The van der Waals surface area contributed by atoms with E-state index in [4.69, 9.17) is 10.8 Å². The summed E-state index contributed by atoms with van der Waals surface area (Å²) < 4.78 is 0. The number of primary amides is 1. The van der Waals surface area contributed by atoms with Crippen LogP contribution >= 0.6 is 0 Å². The van der Waals surface area contributed by atoms with Crippen LogP contribution in [0.3, 0.4) is 0 Å². The molecular weight excluding hydrogens is 156 g/mol. The van der Waals surface area contributed by atoms with Gasteiger partial charge in [0.25, 0.3) is 0 Å². The zero-order valence-corrected chi connectivity index (χ0v) is 7.58. The maximum absolute atomic E-state index is 10.9. The van der Waals surface area contributed by atoms with Crippen molar-refractivity contribution in [2.75, 3.05) is 13.2 Å². The molecule has 1 unspecified atom stereocenters. The molecule has 0 aromatic carbocycles. The first-order chi connectivity index (χ1) is 5.46. The Kier molecular flexibility index (Phi) is 2.28. The minimum absolute atomic E-state index is 0.00632. The topological polar surface area (TPSA) is 66.6 Å². The number of carbonyl (C=O) groups excluding carboxylic acids is 1. The molecule has 1 aliphatic heterocycles. The molecule has 0 bridgehead atoms. The lowest BCUT2D eigenvalue weighted by Gasteiger charge is -2.20. The third-order valence-corrected chi connectivity index (χ3v) is 2.32. The number of aliphatic hydroxyl groups excluding tert-OH is 1. The second kappa shape index (κ2) is 2.94. The van der Waals surface area contributed by atoms with E-state index in [0.29, 0.717) is 6.54 Å². The lowest BCUT2D eigenvalue weighted by atomic mass is 9.91. The Hall–Kier alpha value is -0.770. The van der Waals surface area contributed by atoms with Crippen molar-refractivity contribution >= 4 is 6.03 Å². The van der Waals surface area contributed by atoms with Crippen LogP contribution < -0.4 is 5.73 Å². The second-order valence-corrected chi connectivity index (χ2v) is 4.17. The van der Waals surface area contributed by atoms with Crippen molar-refractivity contribution in [1.29, 1.82) is 0 Å². The highest BCUT2D eigenvalue weighted by Crippen LogP contribution is 2.33. The van der Waals surface area contributed by atoms with Gasteiger partial charge in [0, 0.05) is 6.54 Å². The number of rotatable bonds is 1. The molecule has 1 fully saturated rings. The number of likely N-dealkylation sites (tertiary alicyclic amines) is 1. The minimum Gasteiger partial charge on any atom is -0.394 e. The van der Waals surface area contributed by atoms with Gasteiger partial charge in [0.2, 0.25) is 0 Å². The fourth-order valence-electron chi connectivity index (χ4n) is 1.82. The van der Waals surface area contributed by atoms with Gasteiger partial charge < -0.3 is 15.7 Å². The van der Waals surface area contributed by atoms with Gasteiger partial charge >= 0.3 is 6.03 Å². The maximum Gasteiger partial charge on any atom is 0.315 e. The minimum atomic E-state index is -0.431. The molecule has 0 aliphatic carbocycles. The molecule has 70 valence electrons. The Labute approximate surface area is 72.3 Å². The van der Waals surface area contributed by atoms with Crippen LogP contribution in [-0.4, -0.2) is 35.2 Å². The Morgan fingerprint density at radius 2 is 2.33 bits per heavy atom. The van der Waals surface area contributed by atoms with E-state index >= 15 is 0 Å². The van der Waals surface area contributed by atoms with Gasteiger partial charge in [-0.1, -0.05) is 13.8 Å². The summed E-state index contributed by atoms with van der Waals surface area (Å²) in [6.07, 6.45) is 0.826. The van der Waals surface area contributed by atoms with E-state index in [1.807, 2.05) is 0 Å². The predicted octanol–water partition coefficient (Wildman–Crippen LogP) is 0.158. The van der Waals surface area contributed by atoms with Crippen LogP contribution in [0.4, 0.5) is 4.79 Å². The summed E-state index contributed by atoms with van der Waals surface area (Å²) in [5.41, 5.74) is 5.25. The average Bonchev–Trinajstić information content (AvgIpc) is 2.25. The Morgan fingerprint density at radius 3 is 2.67 bits per heavy atom. The summed E-state index contributed by atoms with van der Waals surface area (Å²) in [6.45, 7) is 4.79. The number of carbonyl (C=O) groups is 1. The van der Waals surface area contributed by atoms with Gasteiger partial charge in [0.05, 0.1) is 12.6 Å². The first-order valence-corrected chi connectivity index (χ1v) is 4.13. The van der Waals surface area contributed by atoms with Crippen molar-refractivity contribution in [3.05, 3.63) is 0 Å². The lowest BCUT2D eigenvalue weighted by molar-refractivity contribution is 0.163. The molecule has 0 spiro atoms. The molecule has 2 amide bonds. The van der Waals surface area contributed by atoms with Crippen molar-refractivity contribution in [2.24, 2.45) is 11.1 Å². The average molecular weight is 172 g/mol. The quantitative estimate of drug-likeness (QED) is 0.591. The smallest absolute Gasteiger partial charge is 0.315 e. The highest BCUT2D eigenvalue weighted by atomic mass is 16.3. The highest BCUT2D eigenvalue weighted by molar-refractivity contribution is 5.72. The van der Waals surface area contributed by atoms with Crippen LogP contribution in [0.25, 0.3) is 0 Å². The summed E-state index contributed by atoms with van der Waals surface area (Å²) in [5.74, 6) is 0. The van der Waals surface area contributed by atoms with Gasteiger partial charge in [-0.2, -0.15) is 0 Å². The van der Waals surface area contributed by atoms with Crippen molar-refractivity contribution in [3.63, 3.8) is 0 Å². The van der Waals surface area contributed by atoms with Gasteiger partial charge in [-0.3, -0.25) is 0 Å². The highest BCUT2D eigenvalue weighted by Gasteiger charge is 2.38. The Morgan fingerprint density at radius 1 is 1.75 bits per heavy atom. The molecule has 1 rings (SSSR count). The number of urea groups is 1. The van der Waals surface area contributed by atoms with Gasteiger partial charge in [-0.15, -0.1) is 0 Å². The lowest BCUT2D eigenvalue weighted by Crippen LogP contribution is -2.41. The normalized spacial score (nSPS) is 27.6. The summed E-state index contributed by atoms with van der Waals surface area (Å²) >= 11 is 0. The van der Waals surface area contributed by atoms with Gasteiger partial charge in [-0.25, -0.2) is 4.79 Å². The van der Waals surface area contributed by atoms with Gasteiger partial charge in [0.15, 0.2) is 0 Å². The molecule has 1 heterocycles. The van der Waals surface area contributed by atoms with Crippen LogP contribution in [0.5, 0.6) is 0 Å². The molecule has 0 aromatic rings. The number of hydrogen-bond acceptors (Lipinski definition) is 2. The summed E-state index contributed by atoms with van der Waals surface area (Å²) in [4.78, 5) is 12.4. The predicted molar refractivity (Wildman–Crippen MR) is 45.6 cm³/mol. The number of nitrogens with zero attached hydrogens (tertiary/aromatic N) is 1. The number of hydrogen-bond donors (Lipinski definition) is 2. The molecule has 0 radical (unpaired) electrons. The standard InChI is InChI=1S/C8H16N2O2/c1-8(2)3-6(4-11)10(5-8)7(9)12/h6,11H,3-5H2,1-2H3,(H2,9,12). The first kappa shape index (κ1) is 9.32. The van der Waals surface area contributed by atoms with E-state index in [-0.39, 0.29) is 18.1 Å². The fraction of sp³-hybridized carbons (Fsp3) is 0.875. The van der Waals surface area contributed by atoms with E-state index in [0.717, 1.165) is 6.42 Å². The molecular formula is C8H16N2O2. The van der Waals surface area contributed by atoms with Crippen LogP contribution in [0, 0.1) is 5.41 Å². The molecule has 3 N–H and O–H groups in total. The van der Waals surface area contributed by atoms with E-state index < -0.39 is 6.03 Å². The third-order valence-electron chi connectivity index (χ3n) is 2.32. The maximum atomic E-state index is 10.9. The zero-order chi connectivity index (χ0) is 9.35. The van der Waals surface area contributed by atoms with Crippen molar-refractivity contribution < 1.29 is 9.90 Å². The number of amides is 2. The van der Waals surface area contributed by atoms with Crippen molar-refractivity contribution in [1.82, 2.24) is 4.90 Å². The zero-order valence-electron chi connectivity index (χ0n) is 7.58. The molecule has 1 aliphatic rings. The van der Waals surface area contributed by atoms with Crippen LogP contribution in [0.15, 0.2) is 0 Å². The second-order valence-electron chi connectivity index (χ2n) is 4.17. The Balaban J connectivity index is 2.69. The number of aliphatic hydroxyl groups is 1. The summed E-state index contributed by atoms with van der Waals surface area (Å²) in [6, 6.07) is -0.517. The van der Waals surface area contributed by atoms with Crippen molar-refractivity contribution in [3.8, 4) is 0 Å². The van der Waals surface area contributed by atoms with Crippen molar-refractivity contribution in [2.45, 2.75) is 26.3 Å². The summed E-state index contributed by atoms with van der Waals surface area (Å²) in [7, 11) is 0. The molecule has 12 heavy (non-hydrogen) atoms. The molecule has 4 heteroatoms. The number of nitrogens with two attached hydrogens (primary N) is 1. The molecule has 0 saturated carbocycles. The summed E-state index contributed by atoms with van der Waals surface area (Å²) in [5, 5.41) is 8.97. The molecule has 1 atom stereocenters. The Bertz CT molecular complexity index is 191. The first-order valence-electron chi connectivity index (χ1n) is 4.13. The van der Waals surface area contributed by atoms with E-state index in [2.05, 4.69) is 13.8 Å². The molecule has 4 nitrogen and oxygen atoms in total. The fourth-order valence-corrected chi connectivity index (χ4v) is 1.82. The molecule has 0 aromatic heterocycles. The van der Waals surface area contributed by atoms with Gasteiger partial charge in [0.1, 0.15) is 0 Å². The van der Waals surface area contributed by atoms with E-state index in [1.165, 1.54) is 0 Å². The SMILES string of the molecule is CC1(C)CC(CO)N(C(N)=O)C1. The van der Waals surface area contributed by atoms with E-state index in [9.17, 15) is 4.79 Å². The molecule has 1 saturated heterocycles. The van der Waals surface area contributed by atoms with Crippen LogP contribution in [0.2, 0.25) is 0 Å². The van der Waals surface area contributed by atoms with Crippen LogP contribution in [0.1, 0.15) is 20.3 Å². The van der Waals surface area contributed by atoms with Crippen LogP contribution in [-0.2, 0) is 0 Å². The van der Waals surface area contributed by atoms with E-state index in [1.54, 1.807) is 4.90 Å². The third kappa shape index (κ3) is 1.69. The largest absolute Gasteiger partial charge is 0.394 e.